The van der Waals surface area contributed by atoms with Crippen LogP contribution in [0.5, 0.6) is 0 Å². The van der Waals surface area contributed by atoms with Crippen LogP contribution in [0.25, 0.3) is 11.4 Å². The Morgan fingerprint density at radius 2 is 1.90 bits per heavy atom. The van der Waals surface area contributed by atoms with Crippen molar-refractivity contribution in [1.82, 2.24) is 20.2 Å². The average Bonchev–Trinajstić information content (AvgIpc) is 3.09. The Morgan fingerprint density at radius 1 is 1.21 bits per heavy atom. The normalized spacial score (nSPS) is 11.3. The Bertz CT molecular complexity index is 1070. The predicted molar refractivity (Wildman–Crippen MR) is 97.7 cm³/mol. The minimum atomic E-state index is -4.89. The van der Waals surface area contributed by atoms with Crippen molar-refractivity contribution in [1.29, 1.82) is 0 Å². The number of nitro groups is 1. The molecule has 0 radical (unpaired) electrons. The van der Waals surface area contributed by atoms with Gasteiger partial charge >= 0.3 is 6.18 Å². The molecule has 29 heavy (non-hydrogen) atoms. The highest BCUT2D eigenvalue weighted by Crippen LogP contribution is 2.37. The van der Waals surface area contributed by atoms with Gasteiger partial charge in [0.15, 0.2) is 0 Å². The van der Waals surface area contributed by atoms with Crippen LogP contribution in [0.4, 0.5) is 24.5 Å². The third-order valence-electron chi connectivity index (χ3n) is 3.63. The Labute approximate surface area is 168 Å². The smallest absolute Gasteiger partial charge is 0.324 e. The van der Waals surface area contributed by atoms with Crippen molar-refractivity contribution in [3.63, 3.8) is 0 Å². The van der Waals surface area contributed by atoms with E-state index >= 15 is 0 Å². The van der Waals surface area contributed by atoms with Crippen molar-refractivity contribution in [2.45, 2.75) is 12.7 Å². The van der Waals surface area contributed by atoms with Crippen LogP contribution in [0.1, 0.15) is 5.56 Å². The van der Waals surface area contributed by atoms with Gasteiger partial charge in [-0.05, 0) is 35.5 Å². The summed E-state index contributed by atoms with van der Waals surface area (Å²) < 4.78 is 40.4. The molecule has 1 heterocycles. The number of carbonyl (C=O) groups excluding carboxylic acids is 1. The van der Waals surface area contributed by atoms with Gasteiger partial charge in [0.25, 0.3) is 5.69 Å². The fourth-order valence-electron chi connectivity index (χ4n) is 2.33. The van der Waals surface area contributed by atoms with E-state index < -0.39 is 40.5 Å². The van der Waals surface area contributed by atoms with Crippen LogP contribution in [-0.4, -0.2) is 31.0 Å². The first-order valence-corrected chi connectivity index (χ1v) is 8.62. The molecular formula is C16H10BrF3N6O3. The minimum absolute atomic E-state index is 0.233. The number of benzene rings is 2. The molecule has 0 saturated heterocycles. The lowest BCUT2D eigenvalue weighted by molar-refractivity contribution is -0.385. The van der Waals surface area contributed by atoms with Crippen LogP contribution in [0, 0.1) is 10.1 Å². The van der Waals surface area contributed by atoms with Crippen LogP contribution < -0.4 is 5.32 Å². The Kier molecular flexibility index (Phi) is 5.59. The summed E-state index contributed by atoms with van der Waals surface area (Å²) in [6, 6.07) is 9.00. The molecular weight excluding hydrogens is 461 g/mol. The molecule has 0 aliphatic rings. The summed E-state index contributed by atoms with van der Waals surface area (Å²) in [7, 11) is 0. The highest BCUT2D eigenvalue weighted by molar-refractivity contribution is 9.10. The molecule has 9 nitrogen and oxygen atoms in total. The summed E-state index contributed by atoms with van der Waals surface area (Å²) in [5.41, 5.74) is -2.05. The zero-order chi connectivity index (χ0) is 21.2. The fraction of sp³-hybridized carbons (Fsp3) is 0.125. The second-order valence-corrected chi connectivity index (χ2v) is 6.60. The fourth-order valence-corrected chi connectivity index (χ4v) is 2.60. The summed E-state index contributed by atoms with van der Waals surface area (Å²) in [5.74, 6) is -0.624. The van der Waals surface area contributed by atoms with Crippen molar-refractivity contribution in [3.8, 4) is 11.4 Å². The van der Waals surface area contributed by atoms with Crippen LogP contribution in [0.3, 0.4) is 0 Å². The van der Waals surface area contributed by atoms with Gasteiger partial charge in [-0.3, -0.25) is 14.9 Å². The van der Waals surface area contributed by atoms with Crippen molar-refractivity contribution in [2.24, 2.45) is 0 Å². The first kappa shape index (κ1) is 20.4. The molecule has 0 fully saturated rings. The summed E-state index contributed by atoms with van der Waals surface area (Å²) in [4.78, 5) is 22.8. The number of nitro benzene ring substituents is 1. The number of tetrazole rings is 1. The van der Waals surface area contributed by atoms with Crippen LogP contribution >= 0.6 is 15.9 Å². The van der Waals surface area contributed by atoms with E-state index in [0.29, 0.717) is 11.6 Å². The molecule has 150 valence electrons. The predicted octanol–water partition coefficient (Wildman–Crippen LogP) is 3.67. The largest absolute Gasteiger partial charge is 0.418 e. The Morgan fingerprint density at radius 3 is 2.52 bits per heavy atom. The number of carbonyl (C=O) groups is 1. The van der Waals surface area contributed by atoms with E-state index in [4.69, 9.17) is 0 Å². The zero-order valence-corrected chi connectivity index (χ0v) is 15.8. The van der Waals surface area contributed by atoms with Crippen molar-refractivity contribution >= 4 is 33.2 Å². The molecule has 1 aromatic heterocycles. The first-order chi connectivity index (χ1) is 13.6. The maximum absolute atomic E-state index is 13.2. The number of alkyl halides is 3. The maximum atomic E-state index is 13.2. The van der Waals surface area contributed by atoms with E-state index in [0.717, 1.165) is 21.4 Å². The number of hydrogen-bond donors (Lipinski definition) is 1. The SMILES string of the molecule is O=C(Cn1nnc(-c2ccc(Br)cc2)n1)Nc1ccc([N+](=O)[O-])cc1C(F)(F)F. The van der Waals surface area contributed by atoms with Crippen LogP contribution in [0.2, 0.25) is 0 Å². The van der Waals surface area contributed by atoms with E-state index in [-0.39, 0.29) is 5.82 Å². The van der Waals surface area contributed by atoms with Crippen molar-refractivity contribution in [3.05, 3.63) is 62.6 Å². The number of hydrogen-bond acceptors (Lipinski definition) is 6. The quantitative estimate of drug-likeness (QED) is 0.449. The monoisotopic (exact) mass is 470 g/mol. The van der Waals surface area contributed by atoms with Crippen LogP contribution in [-0.2, 0) is 17.5 Å². The lowest BCUT2D eigenvalue weighted by atomic mass is 10.1. The highest BCUT2D eigenvalue weighted by Gasteiger charge is 2.35. The van der Waals surface area contributed by atoms with Gasteiger partial charge in [-0.2, -0.15) is 18.0 Å². The molecule has 0 saturated carbocycles. The number of rotatable bonds is 5. The zero-order valence-electron chi connectivity index (χ0n) is 14.2. The number of non-ortho nitro benzene ring substituents is 1. The van der Waals surface area contributed by atoms with E-state index in [2.05, 4.69) is 36.7 Å². The van der Waals surface area contributed by atoms with E-state index in [9.17, 15) is 28.1 Å². The number of nitrogens with zero attached hydrogens (tertiary/aromatic N) is 5. The lowest BCUT2D eigenvalue weighted by Crippen LogP contribution is -2.22. The minimum Gasteiger partial charge on any atom is -0.324 e. The molecule has 3 aromatic rings. The Balaban J connectivity index is 1.76. The van der Waals surface area contributed by atoms with Crippen LogP contribution in [0.15, 0.2) is 46.9 Å². The molecule has 0 spiro atoms. The number of amides is 1. The number of aromatic nitrogens is 4. The van der Waals surface area contributed by atoms with Crippen molar-refractivity contribution < 1.29 is 22.9 Å². The second-order valence-electron chi connectivity index (χ2n) is 5.68. The Hall–Kier alpha value is -3.35. The molecule has 0 aliphatic heterocycles. The second kappa shape index (κ2) is 7.95. The number of nitrogens with one attached hydrogen (secondary N) is 1. The number of anilines is 1. The van der Waals surface area contributed by atoms with Crippen molar-refractivity contribution in [2.75, 3.05) is 5.32 Å². The van der Waals surface area contributed by atoms with Gasteiger partial charge in [0.05, 0.1) is 16.2 Å². The van der Waals surface area contributed by atoms with Gasteiger partial charge in [0.1, 0.15) is 6.54 Å². The first-order valence-electron chi connectivity index (χ1n) is 7.83. The molecule has 0 bridgehead atoms. The molecule has 0 aliphatic carbocycles. The molecule has 1 amide bonds. The molecule has 1 N–H and O–H groups in total. The van der Waals surface area contributed by atoms with Gasteiger partial charge in [-0.1, -0.05) is 15.9 Å². The summed E-state index contributed by atoms with van der Waals surface area (Å²) in [5, 5.41) is 24.3. The molecule has 3 rings (SSSR count). The number of halogens is 4. The standard InChI is InChI=1S/C16H10BrF3N6O3/c17-10-3-1-9(2-4-10)15-22-24-25(23-15)8-14(27)21-13-6-5-11(26(28)29)7-12(13)16(18,19)20/h1-7H,8H2,(H,21,27). The highest BCUT2D eigenvalue weighted by atomic mass is 79.9. The van der Waals surface area contributed by atoms with E-state index in [1.165, 1.54) is 0 Å². The third kappa shape index (κ3) is 4.93. The molecule has 0 atom stereocenters. The van der Waals surface area contributed by atoms with Gasteiger partial charge in [0.2, 0.25) is 11.7 Å². The molecule has 13 heteroatoms. The summed E-state index contributed by atoms with van der Waals surface area (Å²) in [6.45, 7) is -0.502. The third-order valence-corrected chi connectivity index (χ3v) is 4.16. The maximum Gasteiger partial charge on any atom is 0.418 e. The summed E-state index contributed by atoms with van der Waals surface area (Å²) >= 11 is 3.29. The molecule has 0 unspecified atom stereocenters. The van der Waals surface area contributed by atoms with E-state index in [1.807, 2.05) is 0 Å². The lowest BCUT2D eigenvalue weighted by Gasteiger charge is -2.13. The van der Waals surface area contributed by atoms with Gasteiger partial charge in [-0.25, -0.2) is 0 Å². The molecule has 2 aromatic carbocycles. The van der Waals surface area contributed by atoms with Gasteiger partial charge in [0, 0.05) is 22.2 Å². The summed E-state index contributed by atoms with van der Waals surface area (Å²) in [6.07, 6.45) is -4.89. The topological polar surface area (TPSA) is 116 Å². The average molecular weight is 471 g/mol. The van der Waals surface area contributed by atoms with Gasteiger partial charge < -0.3 is 5.32 Å². The van der Waals surface area contributed by atoms with E-state index in [1.54, 1.807) is 24.3 Å². The van der Waals surface area contributed by atoms with Gasteiger partial charge in [-0.15, -0.1) is 10.2 Å².